The van der Waals surface area contributed by atoms with Crippen LogP contribution in [0.2, 0.25) is 0 Å². The van der Waals surface area contributed by atoms with Crippen LogP contribution in [0.3, 0.4) is 0 Å². The van der Waals surface area contributed by atoms with E-state index >= 15 is 0 Å². The van der Waals surface area contributed by atoms with E-state index in [2.05, 4.69) is 5.32 Å². The SMILES string of the molecule is CCOC(=O)C(C)(CCNC(=O)CCC(=O)O)Cc1ccc(-c2ccccc2)cc1.[CaH2]. The minimum atomic E-state index is -1.01. The summed E-state index contributed by atoms with van der Waals surface area (Å²) in [5.41, 5.74) is 2.43. The number of aliphatic carboxylic acids is 1. The summed E-state index contributed by atoms with van der Waals surface area (Å²) in [7, 11) is 0. The molecule has 0 saturated carbocycles. The summed E-state index contributed by atoms with van der Waals surface area (Å²) in [5, 5.41) is 11.4. The zero-order chi connectivity index (χ0) is 22.0. The van der Waals surface area contributed by atoms with E-state index in [1.807, 2.05) is 61.5 Å². The van der Waals surface area contributed by atoms with Crippen LogP contribution in [0.15, 0.2) is 54.6 Å². The zero-order valence-corrected chi connectivity index (χ0v) is 17.5. The normalized spacial score (nSPS) is 12.2. The molecule has 1 atom stereocenters. The second kappa shape index (κ2) is 13.5. The van der Waals surface area contributed by atoms with Crippen molar-refractivity contribution in [1.29, 1.82) is 0 Å². The van der Waals surface area contributed by atoms with Gasteiger partial charge in [-0.3, -0.25) is 14.4 Å². The number of benzene rings is 2. The zero-order valence-electron chi connectivity index (χ0n) is 17.5. The summed E-state index contributed by atoms with van der Waals surface area (Å²) in [6.07, 6.45) is 0.581. The van der Waals surface area contributed by atoms with Gasteiger partial charge in [-0.25, -0.2) is 0 Å². The molecule has 0 aromatic heterocycles. The fourth-order valence-electron chi connectivity index (χ4n) is 3.25. The molecule has 0 saturated heterocycles. The molecule has 0 aliphatic heterocycles. The number of hydrogen-bond acceptors (Lipinski definition) is 4. The molecule has 2 aromatic rings. The molecule has 31 heavy (non-hydrogen) atoms. The Hall–Kier alpha value is -1.89. The van der Waals surface area contributed by atoms with Gasteiger partial charge in [0.1, 0.15) is 0 Å². The molecule has 0 bridgehead atoms. The van der Waals surface area contributed by atoms with Crippen molar-refractivity contribution < 1.29 is 24.2 Å². The van der Waals surface area contributed by atoms with E-state index < -0.39 is 11.4 Å². The van der Waals surface area contributed by atoms with Crippen LogP contribution >= 0.6 is 0 Å². The van der Waals surface area contributed by atoms with Crippen molar-refractivity contribution in [1.82, 2.24) is 5.32 Å². The van der Waals surface area contributed by atoms with Crippen molar-refractivity contribution in [2.45, 2.75) is 39.5 Å². The van der Waals surface area contributed by atoms with Gasteiger partial charge in [-0.05, 0) is 43.4 Å². The number of carboxylic acids is 1. The molecule has 2 rings (SSSR count). The molecule has 164 valence electrons. The van der Waals surface area contributed by atoms with Crippen LogP contribution in [0.1, 0.15) is 38.7 Å². The number of amides is 1. The van der Waals surface area contributed by atoms with E-state index in [-0.39, 0.29) is 75.6 Å². The van der Waals surface area contributed by atoms with Gasteiger partial charge < -0.3 is 15.2 Å². The molecule has 0 aliphatic carbocycles. The Morgan fingerprint density at radius 1 is 0.968 bits per heavy atom. The first-order valence-corrected chi connectivity index (χ1v) is 10.1. The number of carboxylic acid groups (broad SMARTS) is 1. The Morgan fingerprint density at radius 2 is 1.58 bits per heavy atom. The van der Waals surface area contributed by atoms with Crippen molar-refractivity contribution in [3.63, 3.8) is 0 Å². The van der Waals surface area contributed by atoms with Crippen molar-refractivity contribution in [3.05, 3.63) is 60.2 Å². The van der Waals surface area contributed by atoms with E-state index in [0.29, 0.717) is 12.8 Å². The summed E-state index contributed by atoms with van der Waals surface area (Å²) in [4.78, 5) is 35.0. The summed E-state index contributed by atoms with van der Waals surface area (Å²) < 4.78 is 5.28. The predicted octanol–water partition coefficient (Wildman–Crippen LogP) is 2.92. The van der Waals surface area contributed by atoms with E-state index in [0.717, 1.165) is 16.7 Å². The number of nitrogens with one attached hydrogen (secondary N) is 1. The standard InChI is InChI=1S/C24H29NO5.Ca.2H/c1-3-30-23(29)24(2,15-16-25-21(26)13-14-22(27)28)17-18-9-11-20(12-10-18)19-7-5-4-6-8-19;;;/h4-12H,3,13-17H2,1-2H3,(H,25,26)(H,27,28);;;. The van der Waals surface area contributed by atoms with Crippen molar-refractivity contribution in [2.24, 2.45) is 5.41 Å². The fraction of sp³-hybridized carbons (Fsp3) is 0.375. The first-order valence-electron chi connectivity index (χ1n) is 10.1. The molecule has 0 fully saturated rings. The summed E-state index contributed by atoms with van der Waals surface area (Å²) >= 11 is 0. The van der Waals surface area contributed by atoms with Crippen LogP contribution in [-0.2, 0) is 25.5 Å². The fourth-order valence-corrected chi connectivity index (χ4v) is 3.25. The molecule has 1 amide bonds. The molecule has 2 N–H and O–H groups in total. The van der Waals surface area contributed by atoms with Crippen LogP contribution in [0.25, 0.3) is 11.1 Å². The third-order valence-electron chi connectivity index (χ3n) is 4.99. The topological polar surface area (TPSA) is 92.7 Å². The summed E-state index contributed by atoms with van der Waals surface area (Å²) in [6, 6.07) is 18.1. The maximum atomic E-state index is 12.6. The minimum absolute atomic E-state index is 0. The number of carbonyl (C=O) groups is 3. The van der Waals surface area contributed by atoms with Crippen molar-refractivity contribution in [2.75, 3.05) is 13.2 Å². The molecule has 0 heterocycles. The first kappa shape index (κ1) is 27.1. The molecule has 0 aliphatic rings. The third-order valence-corrected chi connectivity index (χ3v) is 4.99. The Morgan fingerprint density at radius 3 is 2.16 bits per heavy atom. The number of rotatable bonds is 11. The number of carbonyl (C=O) groups excluding carboxylic acids is 2. The van der Waals surface area contributed by atoms with E-state index in [4.69, 9.17) is 9.84 Å². The third kappa shape index (κ3) is 9.01. The Labute approximate surface area is 213 Å². The monoisotopic (exact) mass is 453 g/mol. The van der Waals surface area contributed by atoms with Gasteiger partial charge in [-0.2, -0.15) is 0 Å². The van der Waals surface area contributed by atoms with Crippen molar-refractivity contribution >= 4 is 55.6 Å². The molecule has 0 radical (unpaired) electrons. The van der Waals surface area contributed by atoms with Crippen LogP contribution < -0.4 is 5.32 Å². The quantitative estimate of drug-likeness (QED) is 0.403. The molecule has 0 spiro atoms. The van der Waals surface area contributed by atoms with Gasteiger partial charge in [-0.15, -0.1) is 0 Å². The molecule has 2 aromatic carbocycles. The molecule has 7 heteroatoms. The first-order chi connectivity index (χ1) is 14.3. The van der Waals surface area contributed by atoms with Gasteiger partial charge in [-0.1, -0.05) is 54.6 Å². The van der Waals surface area contributed by atoms with Gasteiger partial charge in [0.25, 0.3) is 0 Å². The molecular formula is C24H31CaNO5. The van der Waals surface area contributed by atoms with E-state index in [9.17, 15) is 14.4 Å². The second-order valence-corrected chi connectivity index (χ2v) is 7.51. The van der Waals surface area contributed by atoms with Gasteiger partial charge in [0.15, 0.2) is 0 Å². The average Bonchev–Trinajstić information content (AvgIpc) is 2.73. The molecule has 6 nitrogen and oxygen atoms in total. The summed E-state index contributed by atoms with van der Waals surface area (Å²) in [5.74, 6) is -1.66. The number of ether oxygens (including phenoxy) is 1. The Bertz CT molecular complexity index is 854. The van der Waals surface area contributed by atoms with Gasteiger partial charge in [0, 0.05) is 13.0 Å². The van der Waals surface area contributed by atoms with Crippen LogP contribution in [-0.4, -0.2) is 73.8 Å². The molecule has 1 unspecified atom stereocenters. The Balaban J connectivity index is 0.00000480. The Kier molecular flexibility index (Phi) is 11.8. The molecular weight excluding hydrogens is 422 g/mol. The van der Waals surface area contributed by atoms with Gasteiger partial charge in [0.2, 0.25) is 5.91 Å². The maximum absolute atomic E-state index is 12.6. The predicted molar refractivity (Wildman–Crippen MR) is 123 cm³/mol. The average molecular weight is 454 g/mol. The van der Waals surface area contributed by atoms with Crippen LogP contribution in [0.4, 0.5) is 0 Å². The van der Waals surface area contributed by atoms with E-state index in [1.54, 1.807) is 6.92 Å². The van der Waals surface area contributed by atoms with Crippen LogP contribution in [0.5, 0.6) is 0 Å². The second-order valence-electron chi connectivity index (χ2n) is 7.51. The van der Waals surface area contributed by atoms with E-state index in [1.165, 1.54) is 0 Å². The number of esters is 1. The van der Waals surface area contributed by atoms with Crippen LogP contribution in [0, 0.1) is 5.41 Å². The van der Waals surface area contributed by atoms with Gasteiger partial charge in [0.05, 0.1) is 18.4 Å². The summed E-state index contributed by atoms with van der Waals surface area (Å²) in [6.45, 7) is 4.16. The van der Waals surface area contributed by atoms with Gasteiger partial charge >= 0.3 is 49.7 Å². The number of hydrogen-bond donors (Lipinski definition) is 2. The van der Waals surface area contributed by atoms with Crippen molar-refractivity contribution in [3.8, 4) is 11.1 Å².